The van der Waals surface area contributed by atoms with Crippen molar-refractivity contribution >= 4 is 17.7 Å². The number of nitrogens with one attached hydrogen (secondary N) is 1. The topological polar surface area (TPSA) is 38.3 Å². The van der Waals surface area contributed by atoms with Gasteiger partial charge in [0.05, 0.1) is 7.11 Å². The molecule has 2 rings (SSSR count). The maximum atomic E-state index is 12.1. The van der Waals surface area contributed by atoms with Crippen LogP contribution in [-0.2, 0) is 9.53 Å². The third-order valence-electron chi connectivity index (χ3n) is 3.80. The molecule has 0 bridgehead atoms. The lowest BCUT2D eigenvalue weighted by atomic mass is 9.97. The summed E-state index contributed by atoms with van der Waals surface area (Å²) < 4.78 is 5.02. The molecule has 0 heterocycles. The van der Waals surface area contributed by atoms with Gasteiger partial charge in [-0.05, 0) is 44.4 Å². The van der Waals surface area contributed by atoms with Gasteiger partial charge in [-0.25, -0.2) is 0 Å². The fraction of sp³-hybridized carbons (Fsp3) is 0.562. The second kappa shape index (κ2) is 7.14. The molecule has 1 saturated carbocycles. The molecule has 110 valence electrons. The number of thioether (sulfide) groups is 1. The summed E-state index contributed by atoms with van der Waals surface area (Å²) in [5.41, 5.74) is -0.475. The van der Waals surface area contributed by atoms with Crippen LogP contribution in [0.25, 0.3) is 0 Å². The van der Waals surface area contributed by atoms with Crippen molar-refractivity contribution in [3.8, 4) is 0 Å². The molecule has 1 N–H and O–H groups in total. The monoisotopic (exact) mass is 293 g/mol. The Labute approximate surface area is 125 Å². The largest absolute Gasteiger partial charge is 0.468 e. The molecule has 4 heteroatoms. The maximum absolute atomic E-state index is 12.1. The first-order valence-electron chi connectivity index (χ1n) is 7.25. The third-order valence-corrected chi connectivity index (χ3v) is 5.08. The molecular weight excluding hydrogens is 270 g/mol. The zero-order chi connectivity index (χ0) is 14.4. The number of rotatable bonds is 6. The standard InChI is InChI=1S/C16H23NO2S/c1-3-11-17-16(15(18)19-2)10-9-14(12-16)20-13-7-5-4-6-8-13/h4-8,14,17H,3,9-12H2,1-2H3. The van der Waals surface area contributed by atoms with Crippen LogP contribution >= 0.6 is 11.8 Å². The lowest BCUT2D eigenvalue weighted by molar-refractivity contribution is -0.148. The molecule has 1 aliphatic rings. The van der Waals surface area contributed by atoms with Gasteiger partial charge in [0, 0.05) is 10.1 Å². The summed E-state index contributed by atoms with van der Waals surface area (Å²) in [6, 6.07) is 10.4. The van der Waals surface area contributed by atoms with E-state index in [0.717, 1.165) is 32.2 Å². The van der Waals surface area contributed by atoms with Crippen LogP contribution in [0.4, 0.5) is 0 Å². The van der Waals surface area contributed by atoms with Crippen LogP contribution in [0.15, 0.2) is 35.2 Å². The van der Waals surface area contributed by atoms with Gasteiger partial charge in [-0.1, -0.05) is 25.1 Å². The number of benzene rings is 1. The number of hydrogen-bond acceptors (Lipinski definition) is 4. The quantitative estimate of drug-likeness (QED) is 0.817. The Morgan fingerprint density at radius 2 is 2.20 bits per heavy atom. The van der Waals surface area contributed by atoms with E-state index in [2.05, 4.69) is 36.5 Å². The highest BCUT2D eigenvalue weighted by Crippen LogP contribution is 2.40. The van der Waals surface area contributed by atoms with Crippen molar-refractivity contribution < 1.29 is 9.53 Å². The van der Waals surface area contributed by atoms with E-state index in [4.69, 9.17) is 4.74 Å². The van der Waals surface area contributed by atoms with Crippen LogP contribution in [0.2, 0.25) is 0 Å². The van der Waals surface area contributed by atoms with Crippen LogP contribution in [0.1, 0.15) is 32.6 Å². The van der Waals surface area contributed by atoms with Gasteiger partial charge < -0.3 is 10.1 Å². The van der Waals surface area contributed by atoms with Gasteiger partial charge in [-0.2, -0.15) is 0 Å². The Morgan fingerprint density at radius 1 is 1.45 bits per heavy atom. The Morgan fingerprint density at radius 3 is 2.85 bits per heavy atom. The molecule has 0 aliphatic heterocycles. The molecule has 0 spiro atoms. The van der Waals surface area contributed by atoms with Crippen LogP contribution in [-0.4, -0.2) is 30.4 Å². The number of esters is 1. The summed E-state index contributed by atoms with van der Waals surface area (Å²) in [6.45, 7) is 2.97. The Hall–Kier alpha value is -1.00. The molecule has 1 aromatic carbocycles. The molecule has 0 saturated heterocycles. The van der Waals surface area contributed by atoms with E-state index >= 15 is 0 Å². The molecule has 1 fully saturated rings. The third kappa shape index (κ3) is 3.55. The SMILES string of the molecule is CCCNC1(C(=O)OC)CCC(Sc2ccccc2)C1. The minimum atomic E-state index is -0.475. The van der Waals surface area contributed by atoms with Crippen molar-refractivity contribution in [2.75, 3.05) is 13.7 Å². The second-order valence-electron chi connectivity index (χ2n) is 5.30. The average molecular weight is 293 g/mol. The Bertz CT molecular complexity index is 437. The lowest BCUT2D eigenvalue weighted by Gasteiger charge is -2.27. The van der Waals surface area contributed by atoms with Crippen molar-refractivity contribution in [1.29, 1.82) is 0 Å². The fourth-order valence-corrected chi connectivity index (χ4v) is 4.07. The molecule has 20 heavy (non-hydrogen) atoms. The molecule has 0 aromatic heterocycles. The summed E-state index contributed by atoms with van der Waals surface area (Å²) in [5, 5.41) is 3.90. The second-order valence-corrected chi connectivity index (χ2v) is 6.67. The van der Waals surface area contributed by atoms with Crippen LogP contribution in [0.5, 0.6) is 0 Å². The molecular formula is C16H23NO2S. The predicted octanol–water partition coefficient (Wildman–Crippen LogP) is 3.24. The van der Waals surface area contributed by atoms with Crippen molar-refractivity contribution in [2.45, 2.75) is 48.3 Å². The molecule has 0 radical (unpaired) electrons. The summed E-state index contributed by atoms with van der Waals surface area (Å²) >= 11 is 1.87. The highest BCUT2D eigenvalue weighted by Gasteiger charge is 2.46. The smallest absolute Gasteiger partial charge is 0.326 e. The zero-order valence-corrected chi connectivity index (χ0v) is 13.0. The van der Waals surface area contributed by atoms with Gasteiger partial charge in [0.25, 0.3) is 0 Å². The van der Waals surface area contributed by atoms with E-state index in [9.17, 15) is 4.79 Å². The van der Waals surface area contributed by atoms with Gasteiger partial charge in [-0.3, -0.25) is 4.79 Å². The van der Waals surface area contributed by atoms with Crippen molar-refractivity contribution in [1.82, 2.24) is 5.32 Å². The minimum absolute atomic E-state index is 0.109. The van der Waals surface area contributed by atoms with Crippen molar-refractivity contribution in [3.05, 3.63) is 30.3 Å². The van der Waals surface area contributed by atoms with Gasteiger partial charge >= 0.3 is 5.97 Å². The van der Waals surface area contributed by atoms with Gasteiger partial charge in [0.1, 0.15) is 5.54 Å². The number of methoxy groups -OCH3 is 1. The summed E-state index contributed by atoms with van der Waals surface area (Å²) in [4.78, 5) is 13.4. The summed E-state index contributed by atoms with van der Waals surface area (Å²) in [6.07, 6.45) is 3.78. The van der Waals surface area contributed by atoms with Gasteiger partial charge in [-0.15, -0.1) is 11.8 Å². The van der Waals surface area contributed by atoms with Gasteiger partial charge in [0.15, 0.2) is 0 Å². The van der Waals surface area contributed by atoms with Crippen LogP contribution < -0.4 is 5.32 Å². The lowest BCUT2D eigenvalue weighted by Crippen LogP contribution is -2.51. The van der Waals surface area contributed by atoms with E-state index in [-0.39, 0.29) is 5.97 Å². The fourth-order valence-electron chi connectivity index (χ4n) is 2.77. The summed E-state index contributed by atoms with van der Waals surface area (Å²) in [5.74, 6) is -0.109. The molecule has 1 aromatic rings. The van der Waals surface area contributed by atoms with E-state index in [1.165, 1.54) is 12.0 Å². The molecule has 0 amide bonds. The van der Waals surface area contributed by atoms with Crippen molar-refractivity contribution in [2.24, 2.45) is 0 Å². The van der Waals surface area contributed by atoms with Crippen molar-refractivity contribution in [3.63, 3.8) is 0 Å². The Balaban J connectivity index is 2.01. The van der Waals surface area contributed by atoms with Crippen LogP contribution in [0.3, 0.4) is 0 Å². The maximum Gasteiger partial charge on any atom is 0.326 e. The van der Waals surface area contributed by atoms with E-state index in [0.29, 0.717) is 5.25 Å². The first kappa shape index (κ1) is 15.4. The predicted molar refractivity (Wildman–Crippen MR) is 83.0 cm³/mol. The number of hydrogen-bond donors (Lipinski definition) is 1. The first-order valence-corrected chi connectivity index (χ1v) is 8.13. The highest BCUT2D eigenvalue weighted by atomic mass is 32.2. The molecule has 3 nitrogen and oxygen atoms in total. The van der Waals surface area contributed by atoms with Crippen LogP contribution in [0, 0.1) is 0 Å². The molecule has 2 unspecified atom stereocenters. The molecule has 2 atom stereocenters. The zero-order valence-electron chi connectivity index (χ0n) is 12.2. The van der Waals surface area contributed by atoms with E-state index < -0.39 is 5.54 Å². The van der Waals surface area contributed by atoms with E-state index in [1.54, 1.807) is 0 Å². The average Bonchev–Trinajstić information content (AvgIpc) is 2.90. The first-order chi connectivity index (χ1) is 9.70. The normalized spacial score (nSPS) is 25.6. The number of ether oxygens (including phenoxy) is 1. The van der Waals surface area contributed by atoms with E-state index in [1.807, 2.05) is 17.8 Å². The molecule has 1 aliphatic carbocycles. The highest BCUT2D eigenvalue weighted by molar-refractivity contribution is 8.00. The van der Waals surface area contributed by atoms with Gasteiger partial charge in [0.2, 0.25) is 0 Å². The Kier molecular flexibility index (Phi) is 5.49. The summed E-state index contributed by atoms with van der Waals surface area (Å²) in [7, 11) is 1.48. The number of carbonyl (C=O) groups excluding carboxylic acids is 1. The minimum Gasteiger partial charge on any atom is -0.468 e. The number of carbonyl (C=O) groups is 1.